The first-order valence-electron chi connectivity index (χ1n) is 7.63. The highest BCUT2D eigenvalue weighted by Gasteiger charge is 2.31. The molecule has 2 unspecified atom stereocenters. The summed E-state index contributed by atoms with van der Waals surface area (Å²) in [6.07, 6.45) is 3.34. The van der Waals surface area contributed by atoms with Gasteiger partial charge in [-0.15, -0.1) is 5.10 Å². The van der Waals surface area contributed by atoms with Crippen LogP contribution in [0, 0.1) is 11.8 Å². The summed E-state index contributed by atoms with van der Waals surface area (Å²) in [6, 6.07) is 3.92. The van der Waals surface area contributed by atoms with Gasteiger partial charge in [0.15, 0.2) is 0 Å². The van der Waals surface area contributed by atoms with Crippen molar-refractivity contribution in [1.29, 1.82) is 0 Å². The van der Waals surface area contributed by atoms with E-state index in [-0.39, 0.29) is 6.10 Å². The molecule has 5 nitrogen and oxygen atoms in total. The Bertz CT molecular complexity index is 418. The Hall–Kier alpha value is -1.20. The third-order valence-electron chi connectivity index (χ3n) is 4.30. The van der Waals surface area contributed by atoms with E-state index in [1.54, 1.807) is 14.2 Å². The van der Waals surface area contributed by atoms with Crippen LogP contribution in [0.3, 0.4) is 0 Å². The van der Waals surface area contributed by atoms with Crippen LogP contribution in [0.1, 0.15) is 32.4 Å². The summed E-state index contributed by atoms with van der Waals surface area (Å²) in [6.45, 7) is 5.19. The van der Waals surface area contributed by atoms with Crippen LogP contribution in [0.2, 0.25) is 0 Å². The number of hydrogen-bond donors (Lipinski definition) is 0. The van der Waals surface area contributed by atoms with Crippen molar-refractivity contribution in [1.82, 2.24) is 10.2 Å². The monoisotopic (exact) mass is 294 g/mol. The highest BCUT2D eigenvalue weighted by Crippen LogP contribution is 2.26. The zero-order valence-corrected chi connectivity index (χ0v) is 13.4. The van der Waals surface area contributed by atoms with E-state index in [1.165, 1.54) is 0 Å². The quantitative estimate of drug-likeness (QED) is 0.737. The minimum Gasteiger partial charge on any atom is -0.473 e. The lowest BCUT2D eigenvalue weighted by Gasteiger charge is -2.33. The summed E-state index contributed by atoms with van der Waals surface area (Å²) in [4.78, 5) is 0. The molecule has 1 aliphatic carbocycles. The standard InChI is InChI=1S/C16H26N2O3/c1-11(12(2)10-19-3)7-13-5-6-16(18-17-13)21-15-8-14(9-15)20-4/h5-6,11-12,14-15H,7-10H2,1-4H3. The largest absolute Gasteiger partial charge is 0.473 e. The molecule has 1 aromatic heterocycles. The lowest BCUT2D eigenvalue weighted by atomic mass is 9.92. The molecule has 1 aliphatic rings. The van der Waals surface area contributed by atoms with E-state index in [1.807, 2.05) is 12.1 Å². The number of rotatable bonds is 8. The van der Waals surface area contributed by atoms with Crippen LogP contribution >= 0.6 is 0 Å². The zero-order chi connectivity index (χ0) is 15.2. The second-order valence-electron chi connectivity index (χ2n) is 6.05. The van der Waals surface area contributed by atoms with Crippen LogP contribution in [-0.4, -0.2) is 43.2 Å². The van der Waals surface area contributed by atoms with Crippen LogP contribution in [0.15, 0.2) is 12.1 Å². The second kappa shape index (κ2) is 7.71. The van der Waals surface area contributed by atoms with Crippen molar-refractivity contribution >= 4 is 0 Å². The van der Waals surface area contributed by atoms with Gasteiger partial charge in [0, 0.05) is 39.7 Å². The molecule has 0 amide bonds. The first-order chi connectivity index (χ1) is 10.1. The zero-order valence-electron chi connectivity index (χ0n) is 13.4. The number of aromatic nitrogens is 2. The van der Waals surface area contributed by atoms with E-state index in [0.29, 0.717) is 23.8 Å². The fourth-order valence-electron chi connectivity index (χ4n) is 2.45. The average molecular weight is 294 g/mol. The maximum Gasteiger partial charge on any atom is 0.233 e. The molecule has 2 rings (SSSR count). The number of methoxy groups -OCH3 is 2. The summed E-state index contributed by atoms with van der Waals surface area (Å²) in [5, 5.41) is 8.43. The van der Waals surface area contributed by atoms with E-state index in [2.05, 4.69) is 24.0 Å². The fraction of sp³-hybridized carbons (Fsp3) is 0.750. The van der Waals surface area contributed by atoms with Crippen molar-refractivity contribution in [3.05, 3.63) is 17.8 Å². The molecule has 0 N–H and O–H groups in total. The van der Waals surface area contributed by atoms with Gasteiger partial charge in [-0.2, -0.15) is 5.10 Å². The molecule has 118 valence electrons. The molecule has 0 spiro atoms. The summed E-state index contributed by atoms with van der Waals surface area (Å²) < 4.78 is 16.2. The normalized spacial score (nSPS) is 24.2. The van der Waals surface area contributed by atoms with Gasteiger partial charge in [-0.25, -0.2) is 0 Å². The predicted octanol–water partition coefficient (Wildman–Crippen LogP) is 2.49. The smallest absolute Gasteiger partial charge is 0.233 e. The van der Waals surface area contributed by atoms with Crippen molar-refractivity contribution in [3.8, 4) is 5.88 Å². The van der Waals surface area contributed by atoms with Gasteiger partial charge in [0.05, 0.1) is 11.8 Å². The van der Waals surface area contributed by atoms with E-state index in [9.17, 15) is 0 Å². The molecule has 1 heterocycles. The molecule has 1 fully saturated rings. The Kier molecular flexibility index (Phi) is 5.94. The maximum absolute atomic E-state index is 5.75. The molecule has 0 radical (unpaired) electrons. The average Bonchev–Trinajstić information content (AvgIpc) is 2.44. The van der Waals surface area contributed by atoms with E-state index < -0.39 is 0 Å². The van der Waals surface area contributed by atoms with Crippen LogP contribution in [0.25, 0.3) is 0 Å². The Morgan fingerprint density at radius 2 is 1.86 bits per heavy atom. The van der Waals surface area contributed by atoms with Crippen LogP contribution in [0.4, 0.5) is 0 Å². The minimum atomic E-state index is 0.218. The van der Waals surface area contributed by atoms with Crippen molar-refractivity contribution in [2.45, 2.75) is 45.3 Å². The molecular weight excluding hydrogens is 268 g/mol. The van der Waals surface area contributed by atoms with Crippen molar-refractivity contribution in [2.24, 2.45) is 11.8 Å². The molecule has 0 aliphatic heterocycles. The highest BCUT2D eigenvalue weighted by molar-refractivity contribution is 5.13. The summed E-state index contributed by atoms with van der Waals surface area (Å²) in [7, 11) is 3.48. The van der Waals surface area contributed by atoms with Gasteiger partial charge in [-0.1, -0.05) is 13.8 Å². The fourth-order valence-corrected chi connectivity index (χ4v) is 2.45. The Morgan fingerprint density at radius 3 is 2.43 bits per heavy atom. The van der Waals surface area contributed by atoms with E-state index >= 15 is 0 Å². The molecular formula is C16H26N2O3. The number of hydrogen-bond acceptors (Lipinski definition) is 5. The molecule has 0 bridgehead atoms. The molecule has 1 aromatic rings. The van der Waals surface area contributed by atoms with Gasteiger partial charge in [0.1, 0.15) is 6.10 Å². The second-order valence-corrected chi connectivity index (χ2v) is 6.05. The molecule has 2 atom stereocenters. The topological polar surface area (TPSA) is 53.5 Å². The lowest BCUT2D eigenvalue weighted by Crippen LogP contribution is -2.39. The summed E-state index contributed by atoms with van der Waals surface area (Å²) >= 11 is 0. The minimum absolute atomic E-state index is 0.218. The SMILES string of the molecule is COCC(C)C(C)Cc1ccc(OC2CC(OC)C2)nn1. The predicted molar refractivity (Wildman–Crippen MR) is 80.4 cm³/mol. The molecule has 5 heteroatoms. The van der Waals surface area contributed by atoms with Crippen LogP contribution in [0.5, 0.6) is 5.88 Å². The third kappa shape index (κ3) is 4.64. The van der Waals surface area contributed by atoms with Crippen LogP contribution in [-0.2, 0) is 15.9 Å². The van der Waals surface area contributed by atoms with Gasteiger partial charge < -0.3 is 14.2 Å². The van der Waals surface area contributed by atoms with E-state index in [4.69, 9.17) is 14.2 Å². The maximum atomic E-state index is 5.75. The first kappa shape index (κ1) is 16.2. The Balaban J connectivity index is 1.79. The Labute approximate surface area is 127 Å². The lowest BCUT2D eigenvalue weighted by molar-refractivity contribution is -0.0399. The Morgan fingerprint density at radius 1 is 1.10 bits per heavy atom. The van der Waals surface area contributed by atoms with E-state index in [0.717, 1.165) is 31.6 Å². The molecule has 0 saturated heterocycles. The van der Waals surface area contributed by atoms with Crippen LogP contribution < -0.4 is 4.74 Å². The first-order valence-corrected chi connectivity index (χ1v) is 7.63. The molecule has 0 aromatic carbocycles. The van der Waals surface area contributed by atoms with Gasteiger partial charge in [0.25, 0.3) is 0 Å². The van der Waals surface area contributed by atoms with Gasteiger partial charge in [0.2, 0.25) is 5.88 Å². The number of ether oxygens (including phenoxy) is 3. The molecule has 21 heavy (non-hydrogen) atoms. The third-order valence-corrected chi connectivity index (χ3v) is 4.30. The van der Waals surface area contributed by atoms with Crippen molar-refractivity contribution in [3.63, 3.8) is 0 Å². The van der Waals surface area contributed by atoms with Gasteiger partial charge >= 0.3 is 0 Å². The summed E-state index contributed by atoms with van der Waals surface area (Å²) in [5.74, 6) is 1.63. The highest BCUT2D eigenvalue weighted by atomic mass is 16.5. The number of nitrogens with zero attached hydrogens (tertiary/aromatic N) is 2. The molecule has 1 saturated carbocycles. The van der Waals surface area contributed by atoms with Crippen molar-refractivity contribution < 1.29 is 14.2 Å². The van der Waals surface area contributed by atoms with Gasteiger partial charge in [-0.05, 0) is 24.3 Å². The van der Waals surface area contributed by atoms with Crippen molar-refractivity contribution in [2.75, 3.05) is 20.8 Å². The van der Waals surface area contributed by atoms with Gasteiger partial charge in [-0.3, -0.25) is 0 Å². The summed E-state index contributed by atoms with van der Waals surface area (Å²) in [5.41, 5.74) is 1.00.